The number of urea groups is 1. The number of fused-ring (bicyclic) bond motifs is 1. The first kappa shape index (κ1) is 28.2. The van der Waals surface area contributed by atoms with E-state index in [9.17, 15) is 31.1 Å². The number of methoxy groups -OCH3 is 1. The molecular formula is C19H20B3F6N5O3. The number of imidazole rings is 1. The molecule has 0 spiro atoms. The number of aromatic nitrogens is 3. The molecule has 0 bridgehead atoms. The molecule has 0 aromatic carbocycles. The van der Waals surface area contributed by atoms with Gasteiger partial charge in [-0.2, -0.15) is 31.4 Å². The van der Waals surface area contributed by atoms with Gasteiger partial charge in [0.25, 0.3) is 0 Å². The summed E-state index contributed by atoms with van der Waals surface area (Å²) in [7, 11) is 18.2. The number of nitrogens with zero attached hydrogens (tertiary/aromatic N) is 4. The summed E-state index contributed by atoms with van der Waals surface area (Å²) in [6.07, 6.45) is -7.05. The van der Waals surface area contributed by atoms with Gasteiger partial charge in [-0.05, 0) is 25.3 Å². The van der Waals surface area contributed by atoms with Crippen molar-refractivity contribution in [3.63, 3.8) is 0 Å². The van der Waals surface area contributed by atoms with Crippen LogP contribution in [0.15, 0.2) is 18.5 Å². The van der Waals surface area contributed by atoms with E-state index in [4.69, 9.17) is 33.0 Å². The lowest BCUT2D eigenvalue weighted by atomic mass is 9.44. The van der Waals surface area contributed by atoms with E-state index in [1.165, 1.54) is 30.1 Å². The fraction of sp³-hybridized carbons (Fsp3) is 0.632. The Morgan fingerprint density at radius 3 is 2.33 bits per heavy atom. The summed E-state index contributed by atoms with van der Waals surface area (Å²) in [6, 6.07) is -1.14. The number of ether oxygens (including phenoxy) is 2. The van der Waals surface area contributed by atoms with Gasteiger partial charge in [0.2, 0.25) is 0 Å². The van der Waals surface area contributed by atoms with Crippen LogP contribution in [0.2, 0.25) is 0 Å². The highest BCUT2D eigenvalue weighted by atomic mass is 19.4. The van der Waals surface area contributed by atoms with Gasteiger partial charge in [-0.3, -0.25) is 0 Å². The fourth-order valence-corrected chi connectivity index (χ4v) is 3.60. The van der Waals surface area contributed by atoms with Crippen molar-refractivity contribution in [2.45, 2.75) is 55.0 Å². The second-order valence-electron chi connectivity index (χ2n) is 8.83. The number of amides is 2. The first-order valence-electron chi connectivity index (χ1n) is 10.4. The largest absolute Gasteiger partial charge is 0.416 e. The summed E-state index contributed by atoms with van der Waals surface area (Å²) in [4.78, 5) is 17.3. The highest BCUT2D eigenvalue weighted by molar-refractivity contribution is 6.47. The van der Waals surface area contributed by atoms with Gasteiger partial charge in [0.15, 0.2) is 11.2 Å². The molecule has 2 atom stereocenters. The second-order valence-corrected chi connectivity index (χ2v) is 8.83. The van der Waals surface area contributed by atoms with Gasteiger partial charge in [-0.25, -0.2) is 14.3 Å². The van der Waals surface area contributed by atoms with E-state index in [1.54, 1.807) is 5.32 Å². The summed E-state index contributed by atoms with van der Waals surface area (Å²) in [6.45, 7) is 1.18. The number of carbonyl (C=O) groups is 1. The Bertz CT molecular complexity index is 1130. The Balaban J connectivity index is 1.88. The normalized spacial score (nSPS) is 21.7. The van der Waals surface area contributed by atoms with Gasteiger partial charge >= 0.3 is 18.4 Å². The Morgan fingerprint density at radius 1 is 1.17 bits per heavy atom. The van der Waals surface area contributed by atoms with Crippen molar-refractivity contribution in [3.8, 4) is 0 Å². The highest BCUT2D eigenvalue weighted by Crippen LogP contribution is 2.44. The van der Waals surface area contributed by atoms with Crippen LogP contribution in [0.4, 0.5) is 31.1 Å². The predicted octanol–water partition coefficient (Wildman–Crippen LogP) is 1.76. The molecule has 190 valence electrons. The van der Waals surface area contributed by atoms with E-state index >= 15 is 0 Å². The Hall–Kier alpha value is -2.42. The molecule has 2 aromatic rings. The summed E-state index contributed by atoms with van der Waals surface area (Å²) in [5.41, 5.74) is -5.13. The van der Waals surface area contributed by atoms with E-state index < -0.39 is 40.8 Å². The lowest BCUT2D eigenvalue weighted by molar-refractivity contribution is -0.263. The maximum Gasteiger partial charge on any atom is 0.416 e. The third-order valence-corrected chi connectivity index (χ3v) is 5.92. The molecule has 1 N–H and O–H groups in total. The van der Waals surface area contributed by atoms with Crippen molar-refractivity contribution in [2.75, 3.05) is 20.3 Å². The Morgan fingerprint density at radius 2 is 1.81 bits per heavy atom. The van der Waals surface area contributed by atoms with Gasteiger partial charge in [0.05, 0.1) is 53.0 Å². The quantitative estimate of drug-likeness (QED) is 0.431. The Kier molecular flexibility index (Phi) is 7.16. The molecule has 3 rings (SSSR count). The maximum atomic E-state index is 13.6. The van der Waals surface area contributed by atoms with E-state index in [0.717, 1.165) is 13.8 Å². The summed E-state index contributed by atoms with van der Waals surface area (Å²) >= 11 is 0. The van der Waals surface area contributed by atoms with Crippen LogP contribution in [0.25, 0.3) is 5.65 Å². The van der Waals surface area contributed by atoms with Crippen LogP contribution in [0.5, 0.6) is 0 Å². The third-order valence-electron chi connectivity index (χ3n) is 5.92. The molecule has 0 unspecified atom stereocenters. The van der Waals surface area contributed by atoms with E-state index in [0.29, 0.717) is 10.6 Å². The van der Waals surface area contributed by atoms with Crippen molar-refractivity contribution in [2.24, 2.45) is 0 Å². The third kappa shape index (κ3) is 4.78. The van der Waals surface area contributed by atoms with Crippen molar-refractivity contribution < 1.29 is 40.6 Å². The molecule has 1 saturated heterocycles. The number of rotatable bonds is 8. The van der Waals surface area contributed by atoms with Crippen LogP contribution < -0.4 is 5.32 Å². The van der Waals surface area contributed by atoms with Gasteiger partial charge in [0.1, 0.15) is 13.3 Å². The predicted molar refractivity (Wildman–Crippen MR) is 117 cm³/mol. The molecule has 0 aliphatic carbocycles. The zero-order chi connectivity index (χ0) is 27.3. The van der Waals surface area contributed by atoms with Gasteiger partial charge in [0, 0.05) is 19.1 Å². The number of hydrogen-bond donors (Lipinski definition) is 1. The first-order valence-corrected chi connectivity index (χ1v) is 10.4. The summed E-state index contributed by atoms with van der Waals surface area (Å²) in [5, 5.41) is 2.80. The van der Waals surface area contributed by atoms with Crippen LogP contribution in [0, 0.1) is 0 Å². The van der Waals surface area contributed by atoms with Crippen LogP contribution in [0.3, 0.4) is 0 Å². The molecule has 1 aliphatic heterocycles. The van der Waals surface area contributed by atoms with Crippen LogP contribution >= 0.6 is 0 Å². The number of halogens is 6. The number of nitrogens with one attached hydrogen (secondary N) is 1. The smallest absolute Gasteiger partial charge is 0.382 e. The fourth-order valence-electron chi connectivity index (χ4n) is 3.60. The van der Waals surface area contributed by atoms with E-state index in [-0.39, 0.29) is 30.8 Å². The molecule has 0 saturated carbocycles. The molecule has 3 heterocycles. The minimum Gasteiger partial charge on any atom is -0.382 e. The number of carbonyl (C=O) groups excluding carboxylic acids is 1. The standard InChI is InChI=1S/C19H20B3F6N5O3/c1-15(2,18(23,24)25)36-5-4-11-8-32-13(30-11)6-10(7-29-32)12(9-35-3)33-14(34)31-16(20,17(33,21)22)19(26,27)28/h6-8,12H,4-5,9H2,1-3H3,(H,31,34)/t12-,16+/m1/s1. The number of alkyl halides is 6. The molecule has 8 nitrogen and oxygen atoms in total. The van der Waals surface area contributed by atoms with Crippen molar-refractivity contribution in [1.29, 1.82) is 0 Å². The average Bonchev–Trinajstić information content (AvgIpc) is 3.20. The Labute approximate surface area is 206 Å². The molecule has 2 aromatic heterocycles. The zero-order valence-corrected chi connectivity index (χ0v) is 19.4. The molecule has 2 amide bonds. The molecule has 1 fully saturated rings. The molecular weight excluding hydrogens is 493 g/mol. The van der Waals surface area contributed by atoms with Gasteiger partial charge in [-0.1, -0.05) is 0 Å². The lowest BCUT2D eigenvalue weighted by Gasteiger charge is -2.46. The van der Waals surface area contributed by atoms with E-state index in [1.807, 2.05) is 0 Å². The highest BCUT2D eigenvalue weighted by Gasteiger charge is 2.67. The molecule has 1 aliphatic rings. The van der Waals surface area contributed by atoms with Crippen LogP contribution in [-0.4, -0.2) is 98.1 Å². The first-order chi connectivity index (χ1) is 16.4. The topological polar surface area (TPSA) is 81.0 Å². The lowest BCUT2D eigenvalue weighted by Crippen LogP contribution is -2.70. The zero-order valence-electron chi connectivity index (χ0n) is 19.4. The maximum absolute atomic E-state index is 13.6. The minimum absolute atomic E-state index is 0.0181. The van der Waals surface area contributed by atoms with Crippen LogP contribution in [-0.2, 0) is 15.9 Å². The van der Waals surface area contributed by atoms with Crippen LogP contribution in [0.1, 0.15) is 31.1 Å². The summed E-state index contributed by atoms with van der Waals surface area (Å²) < 4.78 is 91.1. The van der Waals surface area contributed by atoms with E-state index in [2.05, 4.69) is 10.1 Å². The number of hydrogen-bond acceptors (Lipinski definition) is 5. The monoisotopic (exact) mass is 513 g/mol. The second kappa shape index (κ2) is 9.16. The average molecular weight is 513 g/mol. The minimum atomic E-state index is -5.19. The van der Waals surface area contributed by atoms with Crippen molar-refractivity contribution in [3.05, 3.63) is 29.7 Å². The van der Waals surface area contributed by atoms with Gasteiger partial charge < -0.3 is 19.7 Å². The molecule has 36 heavy (non-hydrogen) atoms. The SMILES string of the molecule is [B]C1([B])N([C@H](COC)c2cnn3cc(CCOC(C)(C)C(F)(F)F)nc3c2)C(=O)N[C@]1([B])C(F)(F)F. The molecule has 17 heteroatoms. The van der Waals surface area contributed by atoms with Gasteiger partial charge in [-0.15, -0.1) is 0 Å². The van der Waals surface area contributed by atoms with Crippen molar-refractivity contribution in [1.82, 2.24) is 24.8 Å². The van der Waals surface area contributed by atoms with Crippen molar-refractivity contribution >= 4 is 35.2 Å². The molecule has 6 radical (unpaired) electrons. The summed E-state index contributed by atoms with van der Waals surface area (Å²) in [5.74, 6) is 0.